The Labute approximate surface area is 199 Å². The van der Waals surface area contributed by atoms with Crippen LogP contribution in [-0.2, 0) is 5.41 Å². The number of phenols is 1. The number of halogens is 2. The van der Waals surface area contributed by atoms with Gasteiger partial charge in [-0.15, -0.1) is 0 Å². The molecular formula is C23H22BrClN2O3S. The van der Waals surface area contributed by atoms with Crippen LogP contribution in [-0.4, -0.2) is 23.2 Å². The molecule has 3 aromatic rings. The van der Waals surface area contributed by atoms with Gasteiger partial charge in [-0.3, -0.25) is 10.1 Å². The number of benzene rings is 3. The normalized spacial score (nSPS) is 11.3. The van der Waals surface area contributed by atoms with Crippen molar-refractivity contribution >= 4 is 67.2 Å². The van der Waals surface area contributed by atoms with E-state index >= 15 is 0 Å². The highest BCUT2D eigenvalue weighted by molar-refractivity contribution is 9.10. The first kappa shape index (κ1) is 23.3. The fourth-order valence-electron chi connectivity index (χ4n) is 3.10. The number of methoxy groups -OCH3 is 1. The van der Waals surface area contributed by atoms with E-state index in [-0.39, 0.29) is 21.3 Å². The van der Waals surface area contributed by atoms with Crippen LogP contribution in [0, 0.1) is 0 Å². The monoisotopic (exact) mass is 520 g/mol. The predicted molar refractivity (Wildman–Crippen MR) is 134 cm³/mol. The van der Waals surface area contributed by atoms with Gasteiger partial charge < -0.3 is 15.2 Å². The molecule has 0 aliphatic heterocycles. The summed E-state index contributed by atoms with van der Waals surface area (Å²) in [7, 11) is 1.50. The number of ether oxygens (including phenoxy) is 1. The van der Waals surface area contributed by atoms with Crippen molar-refractivity contribution in [1.82, 2.24) is 5.32 Å². The molecule has 0 aromatic heterocycles. The van der Waals surface area contributed by atoms with Crippen LogP contribution in [0.25, 0.3) is 10.8 Å². The van der Waals surface area contributed by atoms with Gasteiger partial charge in [0.05, 0.1) is 27.9 Å². The SMILES string of the molecule is COc1c(C(=O)NC(=S)Nc2cc(C(C)(C)C)cc(Cl)c2O)cc2ccccc2c1Br. The van der Waals surface area contributed by atoms with E-state index in [2.05, 4.69) is 26.6 Å². The molecule has 0 aliphatic carbocycles. The summed E-state index contributed by atoms with van der Waals surface area (Å²) in [6, 6.07) is 12.9. The van der Waals surface area contributed by atoms with Gasteiger partial charge in [0.2, 0.25) is 0 Å². The van der Waals surface area contributed by atoms with Gasteiger partial charge in [-0.1, -0.05) is 56.6 Å². The second-order valence-electron chi connectivity index (χ2n) is 8.00. The van der Waals surface area contributed by atoms with Crippen molar-refractivity contribution in [1.29, 1.82) is 0 Å². The molecule has 1 amide bonds. The van der Waals surface area contributed by atoms with Crippen molar-refractivity contribution in [3.8, 4) is 11.5 Å². The lowest BCUT2D eigenvalue weighted by atomic mass is 9.87. The molecule has 162 valence electrons. The van der Waals surface area contributed by atoms with E-state index in [1.807, 2.05) is 45.0 Å². The van der Waals surface area contributed by atoms with Crippen LogP contribution in [0.4, 0.5) is 5.69 Å². The standard InChI is InChI=1S/C23H22BrClN2O3S/c1-23(2,3)13-10-16(25)19(28)17(11-13)26-22(31)27-21(29)15-9-12-7-5-6-8-14(12)18(24)20(15)30-4/h5-11,28H,1-4H3,(H2,26,27,29,31). The first-order valence-electron chi connectivity index (χ1n) is 9.43. The molecule has 3 rings (SSSR count). The summed E-state index contributed by atoms with van der Waals surface area (Å²) in [5.41, 5.74) is 1.35. The minimum absolute atomic E-state index is 0.0220. The van der Waals surface area contributed by atoms with Crippen LogP contribution in [0.3, 0.4) is 0 Å². The molecule has 0 aliphatic rings. The molecule has 5 nitrogen and oxygen atoms in total. The number of fused-ring (bicyclic) bond motifs is 1. The summed E-state index contributed by atoms with van der Waals surface area (Å²) in [4.78, 5) is 13.0. The van der Waals surface area contributed by atoms with Crippen molar-refractivity contribution in [3.63, 3.8) is 0 Å². The Morgan fingerprint density at radius 2 is 1.87 bits per heavy atom. The van der Waals surface area contributed by atoms with E-state index in [1.165, 1.54) is 7.11 Å². The second kappa shape index (κ2) is 9.02. The molecule has 0 radical (unpaired) electrons. The van der Waals surface area contributed by atoms with Gasteiger partial charge in [-0.2, -0.15) is 0 Å². The van der Waals surface area contributed by atoms with Gasteiger partial charge in [-0.05, 0) is 68.1 Å². The Morgan fingerprint density at radius 3 is 2.52 bits per heavy atom. The number of carbonyl (C=O) groups excluding carboxylic acids is 1. The zero-order chi connectivity index (χ0) is 22.9. The lowest BCUT2D eigenvalue weighted by Crippen LogP contribution is -2.34. The quantitative estimate of drug-likeness (QED) is 0.275. The summed E-state index contributed by atoms with van der Waals surface area (Å²) >= 11 is 15.0. The molecule has 0 unspecified atom stereocenters. The molecule has 3 aromatic carbocycles. The molecule has 0 saturated carbocycles. The van der Waals surface area contributed by atoms with Crippen LogP contribution in [0.5, 0.6) is 11.5 Å². The Bertz CT molecular complexity index is 1190. The Kier molecular flexibility index (Phi) is 6.79. The van der Waals surface area contributed by atoms with Gasteiger partial charge in [0.1, 0.15) is 5.75 Å². The zero-order valence-electron chi connectivity index (χ0n) is 17.5. The van der Waals surface area contributed by atoms with Gasteiger partial charge in [-0.25, -0.2) is 0 Å². The maximum absolute atomic E-state index is 13.0. The van der Waals surface area contributed by atoms with Crippen LogP contribution in [0.15, 0.2) is 46.9 Å². The number of nitrogens with one attached hydrogen (secondary N) is 2. The first-order chi connectivity index (χ1) is 14.5. The third-order valence-electron chi connectivity index (χ3n) is 4.79. The zero-order valence-corrected chi connectivity index (χ0v) is 20.6. The summed E-state index contributed by atoms with van der Waals surface area (Å²) in [5, 5.41) is 17.9. The number of hydrogen-bond acceptors (Lipinski definition) is 4. The van der Waals surface area contributed by atoms with E-state index < -0.39 is 5.91 Å². The lowest BCUT2D eigenvalue weighted by Gasteiger charge is -2.22. The first-order valence-corrected chi connectivity index (χ1v) is 11.0. The maximum atomic E-state index is 13.0. The fourth-order valence-corrected chi connectivity index (χ4v) is 4.26. The van der Waals surface area contributed by atoms with Crippen molar-refractivity contribution in [2.24, 2.45) is 0 Å². The highest BCUT2D eigenvalue weighted by Gasteiger charge is 2.21. The summed E-state index contributed by atoms with van der Waals surface area (Å²) in [6.07, 6.45) is 0. The van der Waals surface area contributed by atoms with Gasteiger partial charge in [0, 0.05) is 0 Å². The maximum Gasteiger partial charge on any atom is 0.261 e. The second-order valence-corrected chi connectivity index (χ2v) is 9.61. The number of hydrogen-bond donors (Lipinski definition) is 3. The van der Waals surface area contributed by atoms with E-state index in [0.29, 0.717) is 21.5 Å². The highest BCUT2D eigenvalue weighted by atomic mass is 79.9. The van der Waals surface area contributed by atoms with Crippen molar-refractivity contribution < 1.29 is 14.6 Å². The largest absolute Gasteiger partial charge is 0.504 e. The predicted octanol–water partition coefficient (Wildman–Crippen LogP) is 6.39. The van der Waals surface area contributed by atoms with Gasteiger partial charge in [0.15, 0.2) is 10.9 Å². The summed E-state index contributed by atoms with van der Waals surface area (Å²) in [6.45, 7) is 6.09. The number of thiocarbonyl (C=S) groups is 1. The Hall–Kier alpha value is -2.35. The molecule has 0 fully saturated rings. The Morgan fingerprint density at radius 1 is 1.19 bits per heavy atom. The van der Waals surface area contributed by atoms with E-state index in [9.17, 15) is 9.90 Å². The lowest BCUT2D eigenvalue weighted by molar-refractivity contribution is 0.0975. The van der Waals surface area contributed by atoms with Crippen molar-refractivity contribution in [2.45, 2.75) is 26.2 Å². The average Bonchev–Trinajstić information content (AvgIpc) is 2.70. The number of anilines is 1. The third kappa shape index (κ3) is 4.95. The third-order valence-corrected chi connectivity index (χ3v) is 6.07. The van der Waals surface area contributed by atoms with Gasteiger partial charge in [0.25, 0.3) is 5.91 Å². The molecule has 0 saturated heterocycles. The smallest absolute Gasteiger partial charge is 0.261 e. The minimum atomic E-state index is -0.446. The molecule has 31 heavy (non-hydrogen) atoms. The number of rotatable bonds is 3. The van der Waals surface area contributed by atoms with Crippen LogP contribution < -0.4 is 15.4 Å². The number of carbonyl (C=O) groups is 1. The molecular weight excluding hydrogens is 500 g/mol. The highest BCUT2D eigenvalue weighted by Crippen LogP contribution is 2.38. The molecule has 0 bridgehead atoms. The molecule has 0 atom stereocenters. The Balaban J connectivity index is 1.89. The summed E-state index contributed by atoms with van der Waals surface area (Å²) in [5.74, 6) is -0.185. The number of amides is 1. The van der Waals surface area contributed by atoms with Gasteiger partial charge >= 0.3 is 0 Å². The van der Waals surface area contributed by atoms with Crippen LogP contribution >= 0.6 is 39.7 Å². The average molecular weight is 522 g/mol. The molecule has 3 N–H and O–H groups in total. The van der Waals surface area contributed by atoms with Crippen LogP contribution in [0.1, 0.15) is 36.7 Å². The molecule has 0 heterocycles. The number of phenolic OH excluding ortho intramolecular Hbond substituents is 1. The minimum Gasteiger partial charge on any atom is -0.504 e. The van der Waals surface area contributed by atoms with E-state index in [4.69, 9.17) is 28.6 Å². The van der Waals surface area contributed by atoms with Crippen molar-refractivity contribution in [3.05, 3.63) is 63.1 Å². The number of aromatic hydroxyl groups is 1. The summed E-state index contributed by atoms with van der Waals surface area (Å²) < 4.78 is 6.14. The van der Waals surface area contributed by atoms with E-state index in [1.54, 1.807) is 18.2 Å². The molecule has 8 heteroatoms. The van der Waals surface area contributed by atoms with E-state index in [0.717, 1.165) is 16.3 Å². The fraction of sp³-hybridized carbons (Fsp3) is 0.217. The topological polar surface area (TPSA) is 70.6 Å². The van der Waals surface area contributed by atoms with Crippen molar-refractivity contribution in [2.75, 3.05) is 12.4 Å². The van der Waals surface area contributed by atoms with Crippen LogP contribution in [0.2, 0.25) is 5.02 Å². The molecule has 0 spiro atoms.